The number of halogens is 1. The normalized spacial score (nSPS) is 21.6. The Morgan fingerprint density at radius 1 is 1.53 bits per heavy atom. The molecule has 0 aromatic heterocycles. The number of hydrogen-bond acceptors (Lipinski definition) is 3. The van der Waals surface area contributed by atoms with E-state index < -0.39 is 0 Å². The van der Waals surface area contributed by atoms with Crippen LogP contribution in [0.4, 0.5) is 0 Å². The maximum absolute atomic E-state index is 9.84. The van der Waals surface area contributed by atoms with Crippen molar-refractivity contribution in [2.75, 3.05) is 19.7 Å². The van der Waals surface area contributed by atoms with Crippen molar-refractivity contribution in [3.05, 3.63) is 27.7 Å². The summed E-state index contributed by atoms with van der Waals surface area (Å²) in [5, 5.41) is 13.1. The van der Waals surface area contributed by atoms with Crippen molar-refractivity contribution in [2.24, 2.45) is 0 Å². The van der Waals surface area contributed by atoms with Crippen LogP contribution in [0.25, 0.3) is 0 Å². The molecule has 1 heterocycles. The van der Waals surface area contributed by atoms with E-state index in [4.69, 9.17) is 4.74 Å². The average molecular weight is 272 g/mol. The highest BCUT2D eigenvalue weighted by molar-refractivity contribution is 9.10. The maximum Gasteiger partial charge on any atom is 0.121 e. The number of hydrogen-bond donors (Lipinski definition) is 2. The summed E-state index contributed by atoms with van der Waals surface area (Å²) >= 11 is 3.46. The van der Waals surface area contributed by atoms with Crippen molar-refractivity contribution in [3.63, 3.8) is 0 Å². The first-order valence-electron chi connectivity index (χ1n) is 5.00. The molecule has 0 bridgehead atoms. The minimum absolute atomic E-state index is 0.0451. The molecule has 1 atom stereocenters. The van der Waals surface area contributed by atoms with Crippen molar-refractivity contribution >= 4 is 15.9 Å². The fourth-order valence-corrected chi connectivity index (χ4v) is 2.19. The van der Waals surface area contributed by atoms with E-state index in [1.54, 1.807) is 6.07 Å². The molecule has 0 aliphatic carbocycles. The molecule has 2 N–H and O–H groups in total. The molecule has 1 saturated heterocycles. The molecule has 1 aromatic rings. The van der Waals surface area contributed by atoms with Crippen LogP contribution in [0.15, 0.2) is 16.6 Å². The summed E-state index contributed by atoms with van der Waals surface area (Å²) in [6, 6.07) is 3.55. The summed E-state index contributed by atoms with van der Waals surface area (Å²) in [6.07, 6.45) is -0.0451. The molecule has 2 rings (SSSR count). The molecule has 1 fully saturated rings. The maximum atomic E-state index is 9.84. The number of phenolic OH excluding ortho intramolecular Hbond substituents is 1. The Balaban J connectivity index is 2.36. The monoisotopic (exact) mass is 271 g/mol. The van der Waals surface area contributed by atoms with Gasteiger partial charge in [0.25, 0.3) is 0 Å². The molecule has 82 valence electrons. The second-order valence-corrected chi connectivity index (χ2v) is 4.52. The van der Waals surface area contributed by atoms with Gasteiger partial charge >= 0.3 is 0 Å². The molecule has 1 aromatic carbocycles. The predicted molar refractivity (Wildman–Crippen MR) is 62.1 cm³/mol. The van der Waals surface area contributed by atoms with Crippen molar-refractivity contribution in [1.29, 1.82) is 0 Å². The van der Waals surface area contributed by atoms with Gasteiger partial charge in [0, 0.05) is 23.1 Å². The standard InChI is InChI=1S/C11H14BrNO2/c1-7-8(12)2-3-9(14)11(7)10-6-13-4-5-15-10/h2-3,10,13-14H,4-6H2,1H3. The van der Waals surface area contributed by atoms with Gasteiger partial charge in [-0.05, 0) is 24.6 Å². The molecule has 15 heavy (non-hydrogen) atoms. The van der Waals surface area contributed by atoms with Crippen LogP contribution >= 0.6 is 15.9 Å². The van der Waals surface area contributed by atoms with Gasteiger partial charge in [-0.25, -0.2) is 0 Å². The number of nitrogens with one attached hydrogen (secondary N) is 1. The number of morpholine rings is 1. The first-order chi connectivity index (χ1) is 7.20. The van der Waals surface area contributed by atoms with E-state index in [-0.39, 0.29) is 6.10 Å². The summed E-state index contributed by atoms with van der Waals surface area (Å²) in [5.41, 5.74) is 1.93. The highest BCUT2D eigenvalue weighted by Crippen LogP contribution is 2.34. The smallest absolute Gasteiger partial charge is 0.121 e. The summed E-state index contributed by atoms with van der Waals surface area (Å²) in [4.78, 5) is 0. The van der Waals surface area contributed by atoms with E-state index >= 15 is 0 Å². The molecule has 0 amide bonds. The lowest BCUT2D eigenvalue weighted by atomic mass is 10.0. The zero-order chi connectivity index (χ0) is 10.8. The Hall–Kier alpha value is -0.580. The Kier molecular flexibility index (Phi) is 3.29. The Morgan fingerprint density at radius 3 is 3.00 bits per heavy atom. The second-order valence-electron chi connectivity index (χ2n) is 3.67. The van der Waals surface area contributed by atoms with E-state index in [1.165, 1.54) is 0 Å². The minimum atomic E-state index is -0.0451. The van der Waals surface area contributed by atoms with Crippen LogP contribution < -0.4 is 5.32 Å². The summed E-state index contributed by atoms with van der Waals surface area (Å²) in [7, 11) is 0. The fraction of sp³-hybridized carbons (Fsp3) is 0.455. The number of phenols is 1. The van der Waals surface area contributed by atoms with Gasteiger partial charge in [0.2, 0.25) is 0 Å². The molecule has 0 spiro atoms. The molecule has 0 radical (unpaired) electrons. The van der Waals surface area contributed by atoms with Gasteiger partial charge in [-0.15, -0.1) is 0 Å². The number of benzene rings is 1. The molecular formula is C11H14BrNO2. The lowest BCUT2D eigenvalue weighted by Gasteiger charge is -2.26. The lowest BCUT2D eigenvalue weighted by molar-refractivity contribution is 0.0259. The summed E-state index contributed by atoms with van der Waals surface area (Å²) in [6.45, 7) is 4.31. The number of rotatable bonds is 1. The lowest BCUT2D eigenvalue weighted by Crippen LogP contribution is -2.33. The molecule has 1 aliphatic rings. The van der Waals surface area contributed by atoms with Crippen molar-refractivity contribution < 1.29 is 9.84 Å². The fourth-order valence-electron chi connectivity index (χ4n) is 1.84. The predicted octanol–water partition coefficient (Wildman–Crippen LogP) is 2.12. The highest BCUT2D eigenvalue weighted by atomic mass is 79.9. The van der Waals surface area contributed by atoms with E-state index in [0.717, 1.165) is 28.7 Å². The third-order valence-corrected chi connectivity index (χ3v) is 3.53. The van der Waals surface area contributed by atoms with E-state index in [0.29, 0.717) is 12.4 Å². The quantitative estimate of drug-likeness (QED) is 0.822. The van der Waals surface area contributed by atoms with Gasteiger partial charge < -0.3 is 15.2 Å². The molecule has 4 heteroatoms. The SMILES string of the molecule is Cc1c(Br)ccc(O)c1C1CNCCO1. The largest absolute Gasteiger partial charge is 0.508 e. The Morgan fingerprint density at radius 2 is 2.33 bits per heavy atom. The van der Waals surface area contributed by atoms with E-state index in [1.807, 2.05) is 13.0 Å². The average Bonchev–Trinajstić information content (AvgIpc) is 2.26. The van der Waals surface area contributed by atoms with Crippen LogP contribution in [-0.4, -0.2) is 24.8 Å². The van der Waals surface area contributed by atoms with Gasteiger partial charge in [0.1, 0.15) is 5.75 Å². The van der Waals surface area contributed by atoms with Gasteiger partial charge in [-0.1, -0.05) is 15.9 Å². The van der Waals surface area contributed by atoms with Crippen LogP contribution in [0.5, 0.6) is 5.75 Å². The van der Waals surface area contributed by atoms with Crippen LogP contribution in [0.2, 0.25) is 0 Å². The third-order valence-electron chi connectivity index (χ3n) is 2.68. The third kappa shape index (κ3) is 2.17. The number of ether oxygens (including phenoxy) is 1. The second kappa shape index (κ2) is 4.51. The van der Waals surface area contributed by atoms with Gasteiger partial charge in [-0.2, -0.15) is 0 Å². The summed E-state index contributed by atoms with van der Waals surface area (Å²) in [5.74, 6) is 0.310. The van der Waals surface area contributed by atoms with E-state index in [9.17, 15) is 5.11 Å². The molecule has 3 nitrogen and oxygen atoms in total. The first kappa shape index (κ1) is 10.9. The Labute approximate surface area is 97.6 Å². The Bertz CT molecular complexity index is 362. The zero-order valence-corrected chi connectivity index (χ0v) is 10.2. The molecule has 1 aliphatic heterocycles. The van der Waals surface area contributed by atoms with Gasteiger partial charge in [0.05, 0.1) is 12.7 Å². The molecular weight excluding hydrogens is 258 g/mol. The molecule has 1 unspecified atom stereocenters. The van der Waals surface area contributed by atoms with Crippen LogP contribution in [-0.2, 0) is 4.74 Å². The van der Waals surface area contributed by atoms with Crippen molar-refractivity contribution in [3.8, 4) is 5.75 Å². The minimum Gasteiger partial charge on any atom is -0.508 e. The van der Waals surface area contributed by atoms with Crippen LogP contribution in [0, 0.1) is 6.92 Å². The summed E-state index contributed by atoms with van der Waals surface area (Å²) < 4.78 is 6.64. The van der Waals surface area contributed by atoms with Gasteiger partial charge in [0.15, 0.2) is 0 Å². The van der Waals surface area contributed by atoms with E-state index in [2.05, 4.69) is 21.2 Å². The zero-order valence-electron chi connectivity index (χ0n) is 8.59. The first-order valence-corrected chi connectivity index (χ1v) is 5.79. The highest BCUT2D eigenvalue weighted by Gasteiger charge is 2.21. The number of aromatic hydroxyl groups is 1. The van der Waals surface area contributed by atoms with Gasteiger partial charge in [-0.3, -0.25) is 0 Å². The van der Waals surface area contributed by atoms with Crippen LogP contribution in [0.1, 0.15) is 17.2 Å². The van der Waals surface area contributed by atoms with Crippen molar-refractivity contribution in [2.45, 2.75) is 13.0 Å². The topological polar surface area (TPSA) is 41.5 Å². The van der Waals surface area contributed by atoms with Crippen molar-refractivity contribution in [1.82, 2.24) is 5.32 Å². The molecule has 0 saturated carbocycles. The van der Waals surface area contributed by atoms with Crippen LogP contribution in [0.3, 0.4) is 0 Å².